The van der Waals surface area contributed by atoms with Crippen LogP contribution in [0.3, 0.4) is 0 Å². The monoisotopic (exact) mass is 681 g/mol. The number of carbonyl (C=O) groups is 1. The third kappa shape index (κ3) is 5.91. The molecule has 1 saturated heterocycles. The molecule has 7 atom stereocenters. The van der Waals surface area contributed by atoms with Gasteiger partial charge in [0.2, 0.25) is 0 Å². The first-order valence-corrected chi connectivity index (χ1v) is 14.5. The van der Waals surface area contributed by atoms with Crippen LogP contribution in [0.25, 0.3) is 11.3 Å². The Morgan fingerprint density at radius 2 is 2.05 bits per heavy atom. The normalized spacial score (nSPS) is 27.2. The van der Waals surface area contributed by atoms with E-state index in [1.807, 2.05) is 0 Å². The number of hydrogen-bond donors (Lipinski definition) is 3. The van der Waals surface area contributed by atoms with Crippen LogP contribution in [0.5, 0.6) is 0 Å². The van der Waals surface area contributed by atoms with Gasteiger partial charge in [-0.15, -0.1) is 5.10 Å². The molecule has 15 heteroatoms. The van der Waals surface area contributed by atoms with Crippen molar-refractivity contribution in [1.82, 2.24) is 15.0 Å². The highest BCUT2D eigenvalue weighted by molar-refractivity contribution is 9.10. The topological polar surface area (TPSA) is 154 Å². The quantitative estimate of drug-likeness (QED) is 0.319. The molecule has 1 aliphatic carbocycles. The minimum Gasteiger partial charge on any atom is -0.394 e. The number of aliphatic hydroxyl groups excluding tert-OH is 3. The van der Waals surface area contributed by atoms with E-state index >= 15 is 0 Å². The SMILES string of the molecule is CO[C@@H]1[C@@H](n2cc(-c3ccc(Cl)c(F)c3F)nn2)[C@@H](O)[C@@H](CO)O[C@H]1C(=O)N(c1cc(Br)cc(C#N)c1)[C@H]1CCC[C@@H]1O. The molecule has 228 valence electrons. The molecule has 1 amide bonds. The molecule has 1 saturated carbocycles. The maximum Gasteiger partial charge on any atom is 0.259 e. The molecule has 3 N–H and O–H groups in total. The van der Waals surface area contributed by atoms with Gasteiger partial charge in [-0.3, -0.25) is 4.79 Å². The Kier molecular flexibility index (Phi) is 9.43. The summed E-state index contributed by atoms with van der Waals surface area (Å²) < 4.78 is 42.1. The molecule has 0 radical (unpaired) electrons. The number of anilines is 1. The van der Waals surface area contributed by atoms with Crippen LogP contribution < -0.4 is 4.90 Å². The fraction of sp³-hybridized carbons (Fsp3) is 0.429. The Bertz CT molecular complexity index is 1560. The standard InChI is InChI=1S/C28H27BrClF2N5O6/c1-42-26-24(36-11-18(34-35-36)16-5-6-17(30)23(32)22(16)31)25(40)21(12-38)43-27(26)28(41)37(19-3-2-4-20(19)39)15-8-13(10-33)7-14(29)9-15/h5-9,11,19-21,24-27,38-40H,2-4,12H2,1H3/t19-,20-,21+,24-,25-,26+,27+/m0/s1. The first-order chi connectivity index (χ1) is 20.6. The Labute approximate surface area is 258 Å². The van der Waals surface area contributed by atoms with Gasteiger partial charge in [-0.2, -0.15) is 5.26 Å². The lowest BCUT2D eigenvalue weighted by atomic mass is 9.91. The summed E-state index contributed by atoms with van der Waals surface area (Å²) in [6.07, 6.45) is -3.46. The van der Waals surface area contributed by atoms with E-state index in [0.717, 1.165) is 10.7 Å². The zero-order chi connectivity index (χ0) is 31.0. The number of amides is 1. The van der Waals surface area contributed by atoms with Crippen LogP contribution in [0.2, 0.25) is 5.02 Å². The van der Waals surface area contributed by atoms with Gasteiger partial charge in [0, 0.05) is 22.8 Å². The van der Waals surface area contributed by atoms with E-state index < -0.39 is 71.8 Å². The molecule has 1 aromatic heterocycles. The van der Waals surface area contributed by atoms with Gasteiger partial charge in [0.1, 0.15) is 30.0 Å². The lowest BCUT2D eigenvalue weighted by Crippen LogP contribution is -2.62. The van der Waals surface area contributed by atoms with Crippen molar-refractivity contribution in [3.63, 3.8) is 0 Å². The van der Waals surface area contributed by atoms with Crippen LogP contribution >= 0.6 is 27.5 Å². The predicted octanol–water partition coefficient (Wildman–Crippen LogP) is 3.13. The van der Waals surface area contributed by atoms with Crippen molar-refractivity contribution >= 4 is 39.1 Å². The summed E-state index contributed by atoms with van der Waals surface area (Å²) >= 11 is 9.04. The summed E-state index contributed by atoms with van der Waals surface area (Å²) in [5.41, 5.74) is 0.273. The van der Waals surface area contributed by atoms with Crippen LogP contribution in [-0.2, 0) is 14.3 Å². The summed E-state index contributed by atoms with van der Waals surface area (Å²) in [6.45, 7) is -0.683. The summed E-state index contributed by atoms with van der Waals surface area (Å²) in [4.78, 5) is 15.8. The molecule has 2 heterocycles. The molecule has 0 bridgehead atoms. The molecule has 11 nitrogen and oxygen atoms in total. The van der Waals surface area contributed by atoms with E-state index in [0.29, 0.717) is 29.4 Å². The molecule has 2 aliphatic rings. The molecule has 1 aliphatic heterocycles. The Hall–Kier alpha value is -3.03. The maximum atomic E-state index is 14.7. The first kappa shape index (κ1) is 31.4. The molecule has 2 fully saturated rings. The summed E-state index contributed by atoms with van der Waals surface area (Å²) in [5, 5.41) is 49.2. The van der Waals surface area contributed by atoms with Gasteiger partial charge in [-0.1, -0.05) is 32.7 Å². The predicted molar refractivity (Wildman–Crippen MR) is 152 cm³/mol. The van der Waals surface area contributed by atoms with E-state index in [9.17, 15) is 34.2 Å². The number of ether oxygens (including phenoxy) is 2. The number of nitrogens with zero attached hydrogens (tertiary/aromatic N) is 5. The lowest BCUT2D eigenvalue weighted by Gasteiger charge is -2.45. The molecule has 0 spiro atoms. The Balaban J connectivity index is 1.56. The highest BCUT2D eigenvalue weighted by Gasteiger charge is 2.52. The van der Waals surface area contributed by atoms with Crippen molar-refractivity contribution in [2.75, 3.05) is 18.6 Å². The molecular weight excluding hydrogens is 656 g/mol. The third-order valence-corrected chi connectivity index (χ3v) is 8.56. The van der Waals surface area contributed by atoms with Gasteiger partial charge < -0.3 is 29.7 Å². The van der Waals surface area contributed by atoms with Gasteiger partial charge in [-0.05, 0) is 49.6 Å². The average Bonchev–Trinajstić information content (AvgIpc) is 3.64. The maximum absolute atomic E-state index is 14.7. The fourth-order valence-electron chi connectivity index (χ4n) is 5.75. The van der Waals surface area contributed by atoms with Gasteiger partial charge >= 0.3 is 0 Å². The van der Waals surface area contributed by atoms with Gasteiger partial charge in [0.05, 0.1) is 41.6 Å². The number of methoxy groups -OCH3 is 1. The van der Waals surface area contributed by atoms with Gasteiger partial charge in [0.25, 0.3) is 5.91 Å². The second-order valence-electron chi connectivity index (χ2n) is 10.3. The van der Waals surface area contributed by atoms with E-state index in [1.54, 1.807) is 12.1 Å². The Morgan fingerprint density at radius 3 is 2.70 bits per heavy atom. The van der Waals surface area contributed by atoms with Crippen molar-refractivity contribution in [2.24, 2.45) is 0 Å². The number of benzene rings is 2. The van der Waals surface area contributed by atoms with Crippen molar-refractivity contribution in [3.8, 4) is 17.3 Å². The van der Waals surface area contributed by atoms with Crippen molar-refractivity contribution in [2.45, 2.75) is 61.9 Å². The molecule has 43 heavy (non-hydrogen) atoms. The van der Waals surface area contributed by atoms with E-state index in [4.69, 9.17) is 21.1 Å². The number of aromatic nitrogens is 3. The molecule has 2 aromatic carbocycles. The minimum absolute atomic E-state index is 0.0843. The summed E-state index contributed by atoms with van der Waals surface area (Å²) in [7, 11) is 1.29. The smallest absolute Gasteiger partial charge is 0.259 e. The third-order valence-electron chi connectivity index (χ3n) is 7.81. The first-order valence-electron chi connectivity index (χ1n) is 13.3. The van der Waals surface area contributed by atoms with Crippen LogP contribution in [0.4, 0.5) is 14.5 Å². The average molecular weight is 683 g/mol. The molecule has 3 aromatic rings. The highest BCUT2D eigenvalue weighted by atomic mass is 79.9. The van der Waals surface area contributed by atoms with E-state index in [2.05, 4.69) is 32.3 Å². The number of halogens is 4. The van der Waals surface area contributed by atoms with E-state index in [-0.39, 0.29) is 16.8 Å². The van der Waals surface area contributed by atoms with Gasteiger partial charge in [0.15, 0.2) is 17.7 Å². The molecular formula is C28H27BrClF2N5O6. The van der Waals surface area contributed by atoms with Crippen LogP contribution in [0.1, 0.15) is 30.9 Å². The van der Waals surface area contributed by atoms with E-state index in [1.165, 1.54) is 30.3 Å². The van der Waals surface area contributed by atoms with Crippen LogP contribution in [0, 0.1) is 23.0 Å². The van der Waals surface area contributed by atoms with Gasteiger partial charge in [-0.25, -0.2) is 13.5 Å². The lowest BCUT2D eigenvalue weighted by molar-refractivity contribution is -0.211. The minimum atomic E-state index is -1.47. The summed E-state index contributed by atoms with van der Waals surface area (Å²) in [6, 6.07) is 7.33. The van der Waals surface area contributed by atoms with Crippen molar-refractivity contribution in [1.29, 1.82) is 5.26 Å². The largest absolute Gasteiger partial charge is 0.394 e. The second-order valence-corrected chi connectivity index (χ2v) is 11.7. The Morgan fingerprint density at radius 1 is 1.28 bits per heavy atom. The summed E-state index contributed by atoms with van der Waals surface area (Å²) in [5.74, 6) is -3.16. The number of nitriles is 1. The number of carbonyl (C=O) groups excluding carboxylic acids is 1. The second kappa shape index (κ2) is 12.9. The van der Waals surface area contributed by atoms with Crippen molar-refractivity contribution in [3.05, 3.63) is 63.2 Å². The number of rotatable bonds is 7. The van der Waals surface area contributed by atoms with Crippen molar-refractivity contribution < 1.29 is 38.4 Å². The zero-order valence-corrected chi connectivity index (χ0v) is 25.0. The zero-order valence-electron chi connectivity index (χ0n) is 22.6. The number of hydrogen-bond acceptors (Lipinski definition) is 9. The fourth-order valence-corrected chi connectivity index (χ4v) is 6.38. The molecule has 5 rings (SSSR count). The van der Waals surface area contributed by atoms with Crippen LogP contribution in [-0.4, -0.2) is 86.5 Å². The number of aliphatic hydroxyl groups is 3. The van der Waals surface area contributed by atoms with Crippen LogP contribution in [0.15, 0.2) is 41.0 Å². The highest BCUT2D eigenvalue weighted by Crippen LogP contribution is 2.38. The molecule has 0 unspecified atom stereocenters.